The summed E-state index contributed by atoms with van der Waals surface area (Å²) in [7, 11) is 0. The first-order chi connectivity index (χ1) is 3.80. The first-order valence-corrected chi connectivity index (χ1v) is 2.58. The molecule has 1 radical (unpaired) electrons. The molecule has 0 aromatic carbocycles. The average molecular weight is 206 g/mol. The summed E-state index contributed by atoms with van der Waals surface area (Å²) in [6, 6.07) is 0. The number of ether oxygens (including phenoxy) is 1. The van der Waals surface area contributed by atoms with Crippen molar-refractivity contribution in [3.05, 3.63) is 6.42 Å². The maximum atomic E-state index is 8.79. The number of rotatable bonds is 0. The van der Waals surface area contributed by atoms with Crippen molar-refractivity contribution in [2.75, 3.05) is 13.2 Å². The fraction of sp³-hybridized carbons (Fsp3) is 0.800. The Labute approximate surface area is 79.3 Å². The second kappa shape index (κ2) is 4.75. The van der Waals surface area contributed by atoms with Gasteiger partial charge in [0.25, 0.3) is 0 Å². The summed E-state index contributed by atoms with van der Waals surface area (Å²) in [5.74, 6) is 0. The van der Waals surface area contributed by atoms with Gasteiger partial charge in [-0.25, -0.2) is 0 Å². The largest absolute Gasteiger partial charge is 0.422 e. The second-order valence-corrected chi connectivity index (χ2v) is 1.83. The molecule has 3 nitrogen and oxygen atoms in total. The Morgan fingerprint density at radius 1 is 1.44 bits per heavy atom. The van der Waals surface area contributed by atoms with E-state index in [-0.39, 0.29) is 39.3 Å². The molecule has 1 rings (SSSR count). The monoisotopic (exact) mass is 206 g/mol. The van der Waals surface area contributed by atoms with Crippen molar-refractivity contribution in [1.82, 2.24) is 0 Å². The summed E-state index contributed by atoms with van der Waals surface area (Å²) in [6.07, 6.45) is 0.126. The van der Waals surface area contributed by atoms with Crippen LogP contribution in [0.25, 0.3) is 0 Å². The smallest absolute Gasteiger partial charge is 0.0752 e. The van der Waals surface area contributed by atoms with Gasteiger partial charge in [0.05, 0.1) is 12.7 Å². The molecule has 51 valence electrons. The van der Waals surface area contributed by atoms with Gasteiger partial charge in [0.2, 0.25) is 0 Å². The fourth-order valence-corrected chi connectivity index (χ4v) is 0.611. The van der Waals surface area contributed by atoms with E-state index in [2.05, 4.69) is 0 Å². The number of hydrogen-bond acceptors (Lipinski definition) is 3. The van der Waals surface area contributed by atoms with E-state index in [0.29, 0.717) is 6.61 Å². The molecule has 2 N–H and O–H groups in total. The van der Waals surface area contributed by atoms with Gasteiger partial charge in [-0.15, -0.1) is 0 Å². The molecule has 0 aromatic heterocycles. The summed E-state index contributed by atoms with van der Waals surface area (Å²) in [6.45, 7) is 0.690. The summed E-state index contributed by atoms with van der Waals surface area (Å²) in [5, 5.41) is 17.6. The molecule has 1 aliphatic rings. The van der Waals surface area contributed by atoms with Crippen molar-refractivity contribution in [2.45, 2.75) is 12.2 Å². The normalized spacial score (nSPS) is 35.3. The van der Waals surface area contributed by atoms with Gasteiger partial charge in [-0.3, -0.25) is 6.42 Å². The zero-order valence-corrected chi connectivity index (χ0v) is 7.86. The van der Waals surface area contributed by atoms with Crippen molar-refractivity contribution in [3.8, 4) is 0 Å². The SMILES string of the molecule is OC1[CH-]COCC1O.[Y]. The van der Waals surface area contributed by atoms with Crippen LogP contribution < -0.4 is 0 Å². The van der Waals surface area contributed by atoms with Crippen LogP contribution >= 0.6 is 0 Å². The third-order valence-electron chi connectivity index (χ3n) is 1.14. The Kier molecular flexibility index (Phi) is 5.27. The van der Waals surface area contributed by atoms with E-state index in [1.807, 2.05) is 0 Å². The van der Waals surface area contributed by atoms with Crippen LogP contribution in [0, 0.1) is 6.42 Å². The van der Waals surface area contributed by atoms with Gasteiger partial charge < -0.3 is 14.9 Å². The van der Waals surface area contributed by atoms with Gasteiger partial charge in [-0.1, -0.05) is 6.61 Å². The Morgan fingerprint density at radius 2 is 2.11 bits per heavy atom. The summed E-state index contributed by atoms with van der Waals surface area (Å²) >= 11 is 0. The molecule has 4 heteroatoms. The Morgan fingerprint density at radius 3 is 2.44 bits per heavy atom. The topological polar surface area (TPSA) is 49.7 Å². The molecule has 0 saturated carbocycles. The average Bonchev–Trinajstić information content (AvgIpc) is 1.77. The van der Waals surface area contributed by atoms with Crippen LogP contribution in [0.4, 0.5) is 0 Å². The third-order valence-corrected chi connectivity index (χ3v) is 1.14. The number of hydrogen-bond donors (Lipinski definition) is 2. The van der Waals surface area contributed by atoms with Crippen LogP contribution in [0.5, 0.6) is 0 Å². The predicted molar refractivity (Wildman–Crippen MR) is 27.1 cm³/mol. The van der Waals surface area contributed by atoms with Gasteiger partial charge in [-0.2, -0.15) is 0 Å². The Bertz CT molecular complexity index is 68.6. The van der Waals surface area contributed by atoms with Crippen molar-refractivity contribution in [3.63, 3.8) is 0 Å². The predicted octanol–water partition coefficient (Wildman–Crippen LogP) is -1.06. The van der Waals surface area contributed by atoms with Crippen LogP contribution in [0.1, 0.15) is 0 Å². The van der Waals surface area contributed by atoms with Crippen molar-refractivity contribution < 1.29 is 47.7 Å². The zero-order chi connectivity index (χ0) is 5.98. The van der Waals surface area contributed by atoms with Crippen LogP contribution in [0.2, 0.25) is 0 Å². The van der Waals surface area contributed by atoms with E-state index < -0.39 is 12.2 Å². The quantitative estimate of drug-likeness (QED) is 0.496. The van der Waals surface area contributed by atoms with Gasteiger partial charge in [0.15, 0.2) is 0 Å². The number of aliphatic hydroxyl groups excluding tert-OH is 2. The molecule has 0 aliphatic carbocycles. The van der Waals surface area contributed by atoms with Crippen LogP contribution in [-0.2, 0) is 37.4 Å². The number of aliphatic hydroxyl groups is 2. The molecule has 1 saturated heterocycles. The fourth-order valence-electron chi connectivity index (χ4n) is 0.611. The molecule has 1 fully saturated rings. The molecule has 2 unspecified atom stereocenters. The molecule has 0 amide bonds. The summed E-state index contributed by atoms with van der Waals surface area (Å²) in [5.41, 5.74) is 0. The van der Waals surface area contributed by atoms with Crippen LogP contribution in [-0.4, -0.2) is 35.6 Å². The van der Waals surface area contributed by atoms with Crippen molar-refractivity contribution >= 4 is 0 Å². The summed E-state index contributed by atoms with van der Waals surface area (Å²) < 4.78 is 4.79. The van der Waals surface area contributed by atoms with E-state index in [1.54, 1.807) is 0 Å². The molecular weight excluding hydrogens is 197 g/mol. The maximum absolute atomic E-state index is 8.79. The minimum Gasteiger partial charge on any atom is -0.422 e. The Balaban J connectivity index is 0.000000640. The van der Waals surface area contributed by atoms with E-state index >= 15 is 0 Å². The minimum absolute atomic E-state index is 0. The zero-order valence-electron chi connectivity index (χ0n) is 5.03. The van der Waals surface area contributed by atoms with Crippen molar-refractivity contribution in [2.24, 2.45) is 0 Å². The van der Waals surface area contributed by atoms with Gasteiger partial charge in [-0.05, 0) is 6.10 Å². The van der Waals surface area contributed by atoms with Crippen LogP contribution in [0.15, 0.2) is 0 Å². The standard InChI is InChI=1S/C5H9O3.Y/c6-4-1-2-8-3-5(4)7;/h1,4-7H,2-3H2;/q-1;. The molecular formula is C5H9O3Y-. The first kappa shape index (κ1) is 9.98. The van der Waals surface area contributed by atoms with Crippen LogP contribution in [0.3, 0.4) is 0 Å². The van der Waals surface area contributed by atoms with E-state index in [0.717, 1.165) is 0 Å². The van der Waals surface area contributed by atoms with Gasteiger partial charge >= 0.3 is 0 Å². The molecule has 1 aliphatic heterocycles. The van der Waals surface area contributed by atoms with E-state index in [4.69, 9.17) is 14.9 Å². The Hall–Kier alpha value is 0.984. The molecule has 0 bridgehead atoms. The molecule has 0 spiro atoms. The second-order valence-electron chi connectivity index (χ2n) is 1.83. The van der Waals surface area contributed by atoms with Gasteiger partial charge in [0.1, 0.15) is 0 Å². The van der Waals surface area contributed by atoms with Crippen molar-refractivity contribution in [1.29, 1.82) is 0 Å². The first-order valence-electron chi connectivity index (χ1n) is 2.58. The van der Waals surface area contributed by atoms with E-state index in [1.165, 1.54) is 6.42 Å². The van der Waals surface area contributed by atoms with E-state index in [9.17, 15) is 0 Å². The molecule has 0 aromatic rings. The molecule has 9 heavy (non-hydrogen) atoms. The van der Waals surface area contributed by atoms with Gasteiger partial charge in [0, 0.05) is 32.7 Å². The summed E-state index contributed by atoms with van der Waals surface area (Å²) in [4.78, 5) is 0. The third kappa shape index (κ3) is 3.05. The minimum atomic E-state index is -0.719. The molecule has 2 atom stereocenters. The molecule has 1 heterocycles. The maximum Gasteiger partial charge on any atom is 0.0752 e.